The Kier molecular flexibility index (Phi) is 4.57. The van der Waals surface area contributed by atoms with E-state index in [1.165, 1.54) is 0 Å². The normalized spacial score (nSPS) is 15.3. The van der Waals surface area contributed by atoms with Crippen molar-refractivity contribution in [3.63, 3.8) is 0 Å². The van der Waals surface area contributed by atoms with Gasteiger partial charge in [0.1, 0.15) is 5.52 Å². The van der Waals surface area contributed by atoms with Gasteiger partial charge in [-0.25, -0.2) is 4.52 Å². The summed E-state index contributed by atoms with van der Waals surface area (Å²) >= 11 is 0. The summed E-state index contributed by atoms with van der Waals surface area (Å²) in [5, 5.41) is 13.3. The predicted octanol–water partition coefficient (Wildman–Crippen LogP) is 1.75. The van der Waals surface area contributed by atoms with Crippen LogP contribution in [0.25, 0.3) is 27.8 Å². The lowest BCUT2D eigenvalue weighted by Gasteiger charge is -2.26. The van der Waals surface area contributed by atoms with Gasteiger partial charge in [0.25, 0.3) is 5.56 Å². The van der Waals surface area contributed by atoms with E-state index in [2.05, 4.69) is 20.2 Å². The van der Waals surface area contributed by atoms with Gasteiger partial charge in [-0.05, 0) is 18.6 Å². The van der Waals surface area contributed by atoms with Crippen molar-refractivity contribution in [1.29, 1.82) is 0 Å². The van der Waals surface area contributed by atoms with Gasteiger partial charge in [0, 0.05) is 32.4 Å². The lowest BCUT2D eigenvalue weighted by molar-refractivity contribution is 0.0363. The van der Waals surface area contributed by atoms with Crippen molar-refractivity contribution in [2.45, 2.75) is 13.5 Å². The zero-order chi connectivity index (χ0) is 19.8. The number of hydrogen-bond donors (Lipinski definition) is 0. The van der Waals surface area contributed by atoms with Gasteiger partial charge >= 0.3 is 0 Å². The summed E-state index contributed by atoms with van der Waals surface area (Å²) in [6.07, 6.45) is 1.82. The number of fused-ring (bicyclic) bond motifs is 3. The average molecular weight is 390 g/mol. The lowest BCUT2D eigenvalue weighted by atomic mass is 10.1. The maximum Gasteiger partial charge on any atom is 0.280 e. The fourth-order valence-corrected chi connectivity index (χ4v) is 3.88. The Balaban J connectivity index is 1.55. The summed E-state index contributed by atoms with van der Waals surface area (Å²) in [4.78, 5) is 15.3. The molecule has 0 spiro atoms. The fraction of sp³-hybridized carbons (Fsp3) is 0.333. The van der Waals surface area contributed by atoms with Crippen molar-refractivity contribution >= 4 is 16.7 Å². The molecule has 8 heteroatoms. The largest absolute Gasteiger partial charge is 0.379 e. The minimum absolute atomic E-state index is 0.139. The molecule has 1 aliphatic rings. The third kappa shape index (κ3) is 3.20. The molecule has 1 aliphatic heterocycles. The van der Waals surface area contributed by atoms with Gasteiger partial charge in [-0.2, -0.15) is 5.10 Å². The molecular formula is C21H22N6O2. The first kappa shape index (κ1) is 18.0. The fourth-order valence-electron chi connectivity index (χ4n) is 3.88. The van der Waals surface area contributed by atoms with Gasteiger partial charge < -0.3 is 9.30 Å². The second-order valence-corrected chi connectivity index (χ2v) is 7.26. The topological polar surface area (TPSA) is 77.5 Å². The van der Waals surface area contributed by atoms with E-state index in [0.717, 1.165) is 49.7 Å². The van der Waals surface area contributed by atoms with Gasteiger partial charge in [-0.1, -0.05) is 30.3 Å². The molecule has 29 heavy (non-hydrogen) atoms. The van der Waals surface area contributed by atoms with Crippen LogP contribution in [0.3, 0.4) is 0 Å². The second-order valence-electron chi connectivity index (χ2n) is 7.26. The van der Waals surface area contributed by atoms with E-state index < -0.39 is 0 Å². The maximum atomic E-state index is 13.0. The zero-order valence-corrected chi connectivity index (χ0v) is 16.3. The first-order valence-electron chi connectivity index (χ1n) is 9.83. The van der Waals surface area contributed by atoms with Crippen LogP contribution in [-0.4, -0.2) is 62.1 Å². The Morgan fingerprint density at radius 1 is 1.03 bits per heavy atom. The van der Waals surface area contributed by atoms with Crippen molar-refractivity contribution in [2.24, 2.45) is 0 Å². The predicted molar refractivity (Wildman–Crippen MR) is 110 cm³/mol. The number of aromatic nitrogens is 5. The Hall–Kier alpha value is -3.10. The zero-order valence-electron chi connectivity index (χ0n) is 16.3. The molecule has 0 amide bonds. The van der Waals surface area contributed by atoms with Crippen LogP contribution in [0, 0.1) is 6.92 Å². The molecule has 1 saturated heterocycles. The number of nitrogens with zero attached hydrogens (tertiary/aromatic N) is 6. The van der Waals surface area contributed by atoms with Crippen LogP contribution in [-0.2, 0) is 11.3 Å². The number of hydrogen-bond acceptors (Lipinski definition) is 6. The number of rotatable bonds is 4. The Labute approximate surface area is 167 Å². The number of morpholine rings is 1. The van der Waals surface area contributed by atoms with E-state index in [9.17, 15) is 4.79 Å². The summed E-state index contributed by atoms with van der Waals surface area (Å²) in [5.41, 5.74) is 4.36. The first-order chi connectivity index (χ1) is 14.2. The van der Waals surface area contributed by atoms with Crippen LogP contribution < -0.4 is 5.56 Å². The molecule has 0 radical (unpaired) electrons. The van der Waals surface area contributed by atoms with E-state index in [4.69, 9.17) is 4.74 Å². The summed E-state index contributed by atoms with van der Waals surface area (Å²) in [7, 11) is 0. The third-order valence-electron chi connectivity index (χ3n) is 5.45. The van der Waals surface area contributed by atoms with Crippen molar-refractivity contribution in [3.8, 4) is 11.1 Å². The van der Waals surface area contributed by atoms with Gasteiger partial charge in [0.15, 0.2) is 11.2 Å². The van der Waals surface area contributed by atoms with Crippen molar-refractivity contribution in [3.05, 3.63) is 58.6 Å². The third-order valence-corrected chi connectivity index (χ3v) is 5.45. The van der Waals surface area contributed by atoms with E-state index in [0.29, 0.717) is 23.2 Å². The van der Waals surface area contributed by atoms with Gasteiger partial charge in [0.2, 0.25) is 0 Å². The monoisotopic (exact) mass is 390 g/mol. The van der Waals surface area contributed by atoms with Crippen LogP contribution in [0.1, 0.15) is 5.69 Å². The molecule has 8 nitrogen and oxygen atoms in total. The first-order valence-corrected chi connectivity index (χ1v) is 9.83. The molecule has 148 valence electrons. The average Bonchev–Trinajstić information content (AvgIpc) is 3.11. The SMILES string of the molecule is Cc1nn2c(nnc3c(=O)n(CCN4CCOCC4)ccc32)c1-c1ccccc1. The molecule has 0 bridgehead atoms. The second kappa shape index (κ2) is 7.38. The van der Waals surface area contributed by atoms with E-state index >= 15 is 0 Å². The minimum atomic E-state index is -0.139. The molecule has 1 aromatic carbocycles. The molecule has 0 saturated carbocycles. The lowest BCUT2D eigenvalue weighted by Crippen LogP contribution is -2.39. The Bertz CT molecular complexity index is 1220. The van der Waals surface area contributed by atoms with Crippen LogP contribution >= 0.6 is 0 Å². The Morgan fingerprint density at radius 3 is 2.62 bits per heavy atom. The van der Waals surface area contributed by atoms with Crippen LogP contribution in [0.2, 0.25) is 0 Å². The molecule has 3 aromatic heterocycles. The minimum Gasteiger partial charge on any atom is -0.379 e. The molecule has 0 N–H and O–H groups in total. The quantitative estimate of drug-likeness (QED) is 0.528. The van der Waals surface area contributed by atoms with E-state index in [-0.39, 0.29) is 5.56 Å². The summed E-state index contributed by atoms with van der Waals surface area (Å²) in [5.74, 6) is 0. The highest BCUT2D eigenvalue weighted by Gasteiger charge is 2.17. The highest BCUT2D eigenvalue weighted by molar-refractivity contribution is 5.84. The molecular weight excluding hydrogens is 368 g/mol. The van der Waals surface area contributed by atoms with Crippen molar-refractivity contribution in [2.75, 3.05) is 32.8 Å². The van der Waals surface area contributed by atoms with Crippen LogP contribution in [0.4, 0.5) is 0 Å². The molecule has 4 aromatic rings. The summed E-state index contributed by atoms with van der Waals surface area (Å²) < 4.78 is 8.81. The molecule has 4 heterocycles. The molecule has 5 rings (SSSR count). The van der Waals surface area contributed by atoms with Gasteiger partial charge in [-0.15, -0.1) is 10.2 Å². The summed E-state index contributed by atoms with van der Waals surface area (Å²) in [6.45, 7) is 6.67. The summed E-state index contributed by atoms with van der Waals surface area (Å²) in [6, 6.07) is 11.9. The molecule has 0 atom stereocenters. The van der Waals surface area contributed by atoms with Crippen LogP contribution in [0.5, 0.6) is 0 Å². The standard InChI is InChI=1S/C21H22N6O2/c1-15-18(16-5-3-2-4-6-16)20-23-22-19-17(27(20)24-15)7-8-26(21(19)28)10-9-25-11-13-29-14-12-25/h2-8H,9-14H2,1H3. The Morgan fingerprint density at radius 2 is 1.83 bits per heavy atom. The highest BCUT2D eigenvalue weighted by Crippen LogP contribution is 2.27. The van der Waals surface area contributed by atoms with E-state index in [1.807, 2.05) is 49.5 Å². The number of aryl methyl sites for hydroxylation is 1. The van der Waals surface area contributed by atoms with Gasteiger partial charge in [0.05, 0.1) is 24.5 Å². The molecule has 0 unspecified atom stereocenters. The smallest absolute Gasteiger partial charge is 0.280 e. The maximum absolute atomic E-state index is 13.0. The molecule has 0 aliphatic carbocycles. The number of ether oxygens (including phenoxy) is 1. The highest BCUT2D eigenvalue weighted by atomic mass is 16.5. The van der Waals surface area contributed by atoms with Crippen LogP contribution in [0.15, 0.2) is 47.4 Å². The van der Waals surface area contributed by atoms with Gasteiger partial charge in [-0.3, -0.25) is 9.69 Å². The van der Waals surface area contributed by atoms with E-state index in [1.54, 1.807) is 9.08 Å². The molecule has 1 fully saturated rings. The van der Waals surface area contributed by atoms with Crippen molar-refractivity contribution < 1.29 is 4.74 Å². The number of benzene rings is 1. The van der Waals surface area contributed by atoms with Crippen molar-refractivity contribution in [1.82, 2.24) is 29.3 Å². The number of pyridine rings is 1.